The lowest BCUT2D eigenvalue weighted by molar-refractivity contribution is -0.110. The van der Waals surface area contributed by atoms with Crippen molar-refractivity contribution in [3.63, 3.8) is 0 Å². The largest absolute Gasteiger partial charge is 0.380 e. The number of anilines is 2. The third-order valence-electron chi connectivity index (χ3n) is 4.36. The molecule has 0 aromatic heterocycles. The molecule has 7 heteroatoms. The van der Waals surface area contributed by atoms with Crippen LogP contribution in [-0.4, -0.2) is 18.2 Å². The van der Waals surface area contributed by atoms with Gasteiger partial charge in [0, 0.05) is 35.1 Å². The SMILES string of the molecule is C#C/C(Cl)=C(CNc1ccccc1C(=N)C(=O)Nc1ccc(F)c(F)c1)\C(C)=C/C. The van der Waals surface area contributed by atoms with Crippen molar-refractivity contribution < 1.29 is 13.6 Å². The summed E-state index contributed by atoms with van der Waals surface area (Å²) in [6.07, 6.45) is 7.29. The zero-order valence-electron chi connectivity index (χ0n) is 16.4. The van der Waals surface area contributed by atoms with Gasteiger partial charge in [-0.05, 0) is 37.6 Å². The number of carbonyl (C=O) groups excluding carboxylic acids is 1. The van der Waals surface area contributed by atoms with Crippen LogP contribution in [-0.2, 0) is 4.79 Å². The van der Waals surface area contributed by atoms with E-state index >= 15 is 0 Å². The van der Waals surface area contributed by atoms with Crippen molar-refractivity contribution in [3.05, 3.63) is 81.9 Å². The molecule has 3 N–H and O–H groups in total. The summed E-state index contributed by atoms with van der Waals surface area (Å²) >= 11 is 6.14. The van der Waals surface area contributed by atoms with E-state index in [0.29, 0.717) is 16.8 Å². The number of allylic oxidation sites excluding steroid dienone is 2. The highest BCUT2D eigenvalue weighted by molar-refractivity contribution is 6.48. The number of nitrogens with one attached hydrogen (secondary N) is 3. The average molecular weight is 428 g/mol. The normalized spacial score (nSPS) is 11.9. The molecule has 0 heterocycles. The third kappa shape index (κ3) is 5.56. The number of hydrogen-bond acceptors (Lipinski definition) is 3. The molecular weight excluding hydrogens is 408 g/mol. The van der Waals surface area contributed by atoms with E-state index in [2.05, 4.69) is 16.6 Å². The van der Waals surface area contributed by atoms with Gasteiger partial charge in [-0.3, -0.25) is 10.2 Å². The van der Waals surface area contributed by atoms with E-state index in [1.54, 1.807) is 24.3 Å². The monoisotopic (exact) mass is 427 g/mol. The van der Waals surface area contributed by atoms with E-state index in [1.807, 2.05) is 19.9 Å². The Labute approximate surface area is 179 Å². The molecule has 2 rings (SSSR count). The predicted molar refractivity (Wildman–Crippen MR) is 118 cm³/mol. The molecule has 0 aliphatic rings. The fourth-order valence-electron chi connectivity index (χ4n) is 2.58. The van der Waals surface area contributed by atoms with Gasteiger partial charge in [0.05, 0.1) is 5.03 Å². The van der Waals surface area contributed by atoms with Crippen LogP contribution in [0.2, 0.25) is 0 Å². The highest BCUT2D eigenvalue weighted by Gasteiger charge is 2.17. The lowest BCUT2D eigenvalue weighted by atomic mass is 10.0. The van der Waals surface area contributed by atoms with E-state index in [1.165, 1.54) is 6.07 Å². The molecule has 0 aliphatic heterocycles. The second kappa shape index (κ2) is 10.4. The van der Waals surface area contributed by atoms with E-state index < -0.39 is 17.5 Å². The molecule has 2 aromatic rings. The summed E-state index contributed by atoms with van der Waals surface area (Å²) in [4.78, 5) is 12.5. The fourth-order valence-corrected chi connectivity index (χ4v) is 2.80. The van der Waals surface area contributed by atoms with Crippen LogP contribution in [0.5, 0.6) is 0 Å². The quantitative estimate of drug-likeness (QED) is 0.311. The second-order valence-corrected chi connectivity index (χ2v) is 6.64. The summed E-state index contributed by atoms with van der Waals surface area (Å²) in [5, 5.41) is 14.1. The van der Waals surface area contributed by atoms with E-state index in [-0.39, 0.29) is 23.0 Å². The number of halogens is 3. The number of benzene rings is 2. The van der Waals surface area contributed by atoms with Gasteiger partial charge in [0.1, 0.15) is 5.71 Å². The van der Waals surface area contributed by atoms with E-state index in [4.69, 9.17) is 23.4 Å². The molecule has 0 radical (unpaired) electrons. The van der Waals surface area contributed by atoms with Crippen LogP contribution in [0, 0.1) is 29.4 Å². The van der Waals surface area contributed by atoms with Crippen molar-refractivity contribution in [1.29, 1.82) is 5.41 Å². The van der Waals surface area contributed by atoms with Crippen molar-refractivity contribution in [1.82, 2.24) is 0 Å². The lowest BCUT2D eigenvalue weighted by Gasteiger charge is -2.15. The first kappa shape index (κ1) is 22.9. The standard InChI is InChI=1S/C23H20ClF2N3O/c1-4-14(3)17(18(24)5-2)13-28-21-9-7-6-8-16(21)22(27)23(30)29-15-10-11-19(25)20(26)12-15/h2,4,6-12,27-28H,13H2,1,3H3,(H,29,30)/b14-4-,18-17+,27-22?. The molecule has 0 bridgehead atoms. The van der Waals surface area contributed by atoms with Crippen molar-refractivity contribution in [2.45, 2.75) is 13.8 Å². The van der Waals surface area contributed by atoms with Crippen LogP contribution in [0.3, 0.4) is 0 Å². The first-order chi connectivity index (χ1) is 14.3. The van der Waals surface area contributed by atoms with Crippen molar-refractivity contribution >= 4 is 34.6 Å². The third-order valence-corrected chi connectivity index (χ3v) is 4.69. The molecule has 4 nitrogen and oxygen atoms in total. The van der Waals surface area contributed by atoms with Gasteiger partial charge in [-0.25, -0.2) is 8.78 Å². The molecule has 0 saturated carbocycles. The minimum atomic E-state index is -1.09. The lowest BCUT2D eigenvalue weighted by Crippen LogP contribution is -2.24. The summed E-state index contributed by atoms with van der Waals surface area (Å²) in [5.41, 5.74) is 2.16. The molecule has 2 aromatic carbocycles. The summed E-state index contributed by atoms with van der Waals surface area (Å²) in [5.74, 6) is -0.475. The molecule has 0 saturated heterocycles. The summed E-state index contributed by atoms with van der Waals surface area (Å²) in [7, 11) is 0. The van der Waals surface area contributed by atoms with Crippen molar-refractivity contribution in [3.8, 4) is 12.3 Å². The Hall–Kier alpha value is -3.43. The summed E-state index contributed by atoms with van der Waals surface area (Å²) in [6, 6.07) is 9.71. The Kier molecular flexibility index (Phi) is 7.90. The Morgan fingerprint density at radius 1 is 1.23 bits per heavy atom. The Balaban J connectivity index is 2.23. The first-order valence-corrected chi connectivity index (χ1v) is 9.33. The average Bonchev–Trinajstić information content (AvgIpc) is 2.75. The van der Waals surface area contributed by atoms with Crippen LogP contribution in [0.1, 0.15) is 19.4 Å². The molecule has 0 unspecified atom stereocenters. The maximum absolute atomic E-state index is 13.4. The molecular formula is C23H20ClF2N3O. The molecule has 0 spiro atoms. The Morgan fingerprint density at radius 2 is 1.93 bits per heavy atom. The number of carbonyl (C=O) groups is 1. The minimum Gasteiger partial charge on any atom is -0.380 e. The predicted octanol–water partition coefficient (Wildman–Crippen LogP) is 5.48. The van der Waals surface area contributed by atoms with Crippen LogP contribution in [0.4, 0.5) is 20.2 Å². The number of terminal acetylenes is 1. The van der Waals surface area contributed by atoms with Gasteiger partial charge in [0.15, 0.2) is 11.6 Å². The van der Waals surface area contributed by atoms with Crippen molar-refractivity contribution in [2.24, 2.45) is 0 Å². The Morgan fingerprint density at radius 3 is 2.57 bits per heavy atom. The zero-order valence-corrected chi connectivity index (χ0v) is 17.2. The first-order valence-electron chi connectivity index (χ1n) is 8.95. The highest BCUT2D eigenvalue weighted by atomic mass is 35.5. The maximum Gasteiger partial charge on any atom is 0.274 e. The number of hydrogen-bond donors (Lipinski definition) is 3. The molecule has 154 valence electrons. The fraction of sp³-hybridized carbons (Fsp3) is 0.130. The van der Waals surface area contributed by atoms with Gasteiger partial charge in [0.2, 0.25) is 0 Å². The van der Waals surface area contributed by atoms with E-state index in [0.717, 1.165) is 17.7 Å². The highest BCUT2D eigenvalue weighted by Crippen LogP contribution is 2.22. The summed E-state index contributed by atoms with van der Waals surface area (Å²) < 4.78 is 26.4. The van der Waals surface area contributed by atoms with Gasteiger partial charge in [-0.1, -0.05) is 41.8 Å². The topological polar surface area (TPSA) is 65.0 Å². The van der Waals surface area contributed by atoms with Crippen LogP contribution in [0.15, 0.2) is 64.7 Å². The number of rotatable bonds is 7. The number of amides is 1. The van der Waals surface area contributed by atoms with Crippen LogP contribution >= 0.6 is 11.6 Å². The van der Waals surface area contributed by atoms with Gasteiger partial charge in [-0.15, -0.1) is 6.42 Å². The molecule has 0 atom stereocenters. The van der Waals surface area contributed by atoms with Gasteiger partial charge in [0.25, 0.3) is 5.91 Å². The van der Waals surface area contributed by atoms with E-state index in [9.17, 15) is 13.6 Å². The molecule has 0 fully saturated rings. The maximum atomic E-state index is 13.4. The Bertz CT molecular complexity index is 1080. The molecule has 0 aliphatic carbocycles. The van der Waals surface area contributed by atoms with Crippen LogP contribution in [0.25, 0.3) is 0 Å². The number of para-hydroxylation sites is 1. The van der Waals surface area contributed by atoms with Gasteiger partial charge >= 0.3 is 0 Å². The van der Waals surface area contributed by atoms with Crippen molar-refractivity contribution in [2.75, 3.05) is 17.2 Å². The van der Waals surface area contributed by atoms with Gasteiger partial charge < -0.3 is 10.6 Å². The zero-order chi connectivity index (χ0) is 22.3. The summed E-state index contributed by atoms with van der Waals surface area (Å²) in [6.45, 7) is 4.02. The van der Waals surface area contributed by atoms with Crippen LogP contribution < -0.4 is 10.6 Å². The second-order valence-electron chi connectivity index (χ2n) is 6.27. The smallest absolute Gasteiger partial charge is 0.274 e. The molecule has 30 heavy (non-hydrogen) atoms. The molecule has 1 amide bonds. The van der Waals surface area contributed by atoms with Gasteiger partial charge in [-0.2, -0.15) is 0 Å². The minimum absolute atomic E-state index is 0.0452.